The molecule has 0 aromatic carbocycles. The lowest BCUT2D eigenvalue weighted by molar-refractivity contribution is -0.132. The number of carbonyl (C=O) groups excluding carboxylic acids is 1. The van der Waals surface area contributed by atoms with Crippen LogP contribution in [-0.2, 0) is 0 Å². The molecule has 1 aromatic rings. The van der Waals surface area contributed by atoms with Crippen molar-refractivity contribution < 1.29 is 22.4 Å². The number of pyridine rings is 1. The number of nitrogens with two attached hydrogens (primary N) is 1. The van der Waals surface area contributed by atoms with E-state index in [9.17, 15) is 22.4 Å². The van der Waals surface area contributed by atoms with Crippen LogP contribution in [0.15, 0.2) is 12.3 Å². The Hall–Kier alpha value is -2.30. The molecule has 0 radical (unpaired) electrons. The molecule has 1 rings (SSSR count). The van der Waals surface area contributed by atoms with E-state index in [0.717, 1.165) is 17.2 Å². The number of alkyl halides is 3. The molecule has 1 aromatic heterocycles. The lowest BCUT2D eigenvalue weighted by Crippen LogP contribution is -2.46. The number of carbonyl (C=O) groups is 1. The average molecular weight is 317 g/mol. The van der Waals surface area contributed by atoms with Gasteiger partial charge in [0.1, 0.15) is 11.6 Å². The molecule has 0 unspecified atom stereocenters. The summed E-state index contributed by atoms with van der Waals surface area (Å²) in [6, 6.07) is 0.817. The zero-order valence-corrected chi connectivity index (χ0v) is 12.0. The number of primary amides is 1. The van der Waals surface area contributed by atoms with Crippen molar-refractivity contribution in [1.29, 1.82) is 0 Å². The fourth-order valence-corrected chi connectivity index (χ4v) is 1.80. The third kappa shape index (κ3) is 4.35. The Morgan fingerprint density at radius 3 is 2.50 bits per heavy atom. The molecule has 1 amide bonds. The Labute approximate surface area is 125 Å². The van der Waals surface area contributed by atoms with Crippen LogP contribution in [0.5, 0.6) is 0 Å². The average Bonchev–Trinajstić information content (AvgIpc) is 2.38. The summed E-state index contributed by atoms with van der Waals surface area (Å²) in [5.41, 5.74) is 3.63. The van der Waals surface area contributed by atoms with E-state index in [-0.39, 0.29) is 11.4 Å². The molecule has 0 aliphatic carbocycles. The number of nitrogens with zero attached hydrogens (tertiary/aromatic N) is 2. The Morgan fingerprint density at radius 1 is 1.45 bits per heavy atom. The van der Waals surface area contributed by atoms with Crippen LogP contribution in [0.3, 0.4) is 0 Å². The van der Waals surface area contributed by atoms with Crippen LogP contribution in [0.4, 0.5) is 23.4 Å². The minimum absolute atomic E-state index is 0.180. The van der Waals surface area contributed by atoms with Crippen LogP contribution in [0.2, 0.25) is 0 Å². The fraction of sp³-hybridized carbons (Fsp3) is 0.429. The first-order chi connectivity index (χ1) is 9.98. The summed E-state index contributed by atoms with van der Waals surface area (Å²) < 4.78 is 50.7. The van der Waals surface area contributed by atoms with Gasteiger partial charge >= 0.3 is 6.18 Å². The van der Waals surface area contributed by atoms with E-state index >= 15 is 0 Å². The number of hydrogen-bond acceptors (Lipinski definition) is 3. The maximum atomic E-state index is 13.2. The topological polar surface area (TPSA) is 59.2 Å². The number of aromatic nitrogens is 1. The number of hydrogen-bond donors (Lipinski definition) is 1. The number of terminal acetylenes is 1. The Balaban J connectivity index is 3.34. The van der Waals surface area contributed by atoms with Crippen LogP contribution in [-0.4, -0.2) is 29.2 Å². The summed E-state index contributed by atoms with van der Waals surface area (Å²) in [7, 11) is 0. The molecule has 0 spiro atoms. The summed E-state index contributed by atoms with van der Waals surface area (Å²) >= 11 is 0. The van der Waals surface area contributed by atoms with Gasteiger partial charge in [0.25, 0.3) is 5.91 Å². The van der Waals surface area contributed by atoms with E-state index in [1.807, 2.05) is 0 Å². The van der Waals surface area contributed by atoms with Crippen molar-refractivity contribution in [3.05, 3.63) is 23.6 Å². The summed E-state index contributed by atoms with van der Waals surface area (Å²) in [4.78, 5) is 16.2. The largest absolute Gasteiger partial charge is 0.390 e. The molecule has 0 atom stereocenters. The zero-order chi connectivity index (χ0) is 17.1. The van der Waals surface area contributed by atoms with Gasteiger partial charge < -0.3 is 10.6 Å². The highest BCUT2D eigenvalue weighted by Gasteiger charge is 2.34. The molecule has 8 heteroatoms. The molecule has 0 saturated heterocycles. The second-order valence-electron chi connectivity index (χ2n) is 5.11. The van der Waals surface area contributed by atoms with Crippen molar-refractivity contribution in [3.63, 3.8) is 0 Å². The molecule has 4 nitrogen and oxygen atoms in total. The van der Waals surface area contributed by atoms with Gasteiger partial charge in [-0.05, 0) is 19.9 Å². The van der Waals surface area contributed by atoms with Gasteiger partial charge in [-0.15, -0.1) is 6.42 Å². The van der Waals surface area contributed by atoms with Gasteiger partial charge in [-0.2, -0.15) is 13.2 Å². The molecular formula is C14H15F4N3O. The Morgan fingerprint density at radius 2 is 2.05 bits per heavy atom. The molecule has 0 fully saturated rings. The first-order valence-electron chi connectivity index (χ1n) is 6.25. The lowest BCUT2D eigenvalue weighted by atomic mass is 10.0. The van der Waals surface area contributed by atoms with Crippen LogP contribution in [0, 0.1) is 18.2 Å². The van der Waals surface area contributed by atoms with Crippen LogP contribution < -0.4 is 10.6 Å². The van der Waals surface area contributed by atoms with Gasteiger partial charge in [0.05, 0.1) is 23.7 Å². The maximum absolute atomic E-state index is 13.2. The van der Waals surface area contributed by atoms with Crippen LogP contribution in [0.25, 0.3) is 0 Å². The summed E-state index contributed by atoms with van der Waals surface area (Å²) in [5, 5.41) is 0. The SMILES string of the molecule is C#CC(C)(C)N(CCC(F)(F)F)c1ncc(F)cc1C(N)=O. The predicted molar refractivity (Wildman–Crippen MR) is 73.6 cm³/mol. The highest BCUT2D eigenvalue weighted by molar-refractivity contribution is 5.97. The molecule has 0 saturated carbocycles. The normalized spacial score (nSPS) is 11.9. The van der Waals surface area contributed by atoms with Gasteiger partial charge in [0.2, 0.25) is 0 Å². The van der Waals surface area contributed by atoms with E-state index in [4.69, 9.17) is 12.2 Å². The Kier molecular flexibility index (Phi) is 5.02. The molecule has 0 aliphatic rings. The highest BCUT2D eigenvalue weighted by Crippen LogP contribution is 2.29. The maximum Gasteiger partial charge on any atom is 0.390 e. The van der Waals surface area contributed by atoms with Crippen molar-refractivity contribution in [3.8, 4) is 12.3 Å². The fourth-order valence-electron chi connectivity index (χ4n) is 1.80. The zero-order valence-electron chi connectivity index (χ0n) is 12.0. The van der Waals surface area contributed by atoms with Crippen LogP contribution in [0.1, 0.15) is 30.6 Å². The third-order valence-corrected chi connectivity index (χ3v) is 3.00. The smallest absolute Gasteiger partial charge is 0.365 e. The van der Waals surface area contributed by atoms with E-state index < -0.39 is 36.4 Å². The highest BCUT2D eigenvalue weighted by atomic mass is 19.4. The van der Waals surface area contributed by atoms with Crippen molar-refractivity contribution in [2.24, 2.45) is 5.73 Å². The van der Waals surface area contributed by atoms with Crippen molar-refractivity contribution in [2.75, 3.05) is 11.4 Å². The van der Waals surface area contributed by atoms with Gasteiger partial charge in [-0.25, -0.2) is 9.37 Å². The lowest BCUT2D eigenvalue weighted by Gasteiger charge is -2.36. The van der Waals surface area contributed by atoms with E-state index in [1.165, 1.54) is 13.8 Å². The molecule has 120 valence electrons. The standard InChI is InChI=1S/C14H15F4N3O/c1-4-13(2,3)21(6-5-14(16,17)18)12-10(11(19)22)7-9(15)8-20-12/h1,7-8H,5-6H2,2-3H3,(H2,19,22). The van der Waals surface area contributed by atoms with Gasteiger partial charge in [-0.1, -0.05) is 5.92 Å². The summed E-state index contributed by atoms with van der Waals surface area (Å²) in [6.07, 6.45) is 0.544. The number of rotatable bonds is 5. The minimum atomic E-state index is -4.42. The molecule has 2 N–H and O–H groups in total. The molecule has 22 heavy (non-hydrogen) atoms. The van der Waals surface area contributed by atoms with E-state index in [0.29, 0.717) is 0 Å². The number of amides is 1. The predicted octanol–water partition coefficient (Wildman–Crippen LogP) is 2.49. The summed E-state index contributed by atoms with van der Waals surface area (Å²) in [6.45, 7) is 2.43. The van der Waals surface area contributed by atoms with Crippen molar-refractivity contribution in [1.82, 2.24) is 4.98 Å². The van der Waals surface area contributed by atoms with Crippen LogP contribution >= 0.6 is 0 Å². The van der Waals surface area contributed by atoms with Crippen molar-refractivity contribution in [2.45, 2.75) is 32.0 Å². The second-order valence-corrected chi connectivity index (χ2v) is 5.11. The minimum Gasteiger partial charge on any atom is -0.365 e. The van der Waals surface area contributed by atoms with Gasteiger partial charge in [0, 0.05) is 6.54 Å². The molecule has 0 aliphatic heterocycles. The second kappa shape index (κ2) is 6.22. The molecule has 0 bridgehead atoms. The van der Waals surface area contributed by atoms with Gasteiger partial charge in [0.15, 0.2) is 0 Å². The molecule has 1 heterocycles. The Bertz CT molecular complexity index is 605. The van der Waals surface area contributed by atoms with Gasteiger partial charge in [-0.3, -0.25) is 4.79 Å². The van der Waals surface area contributed by atoms with E-state index in [1.54, 1.807) is 0 Å². The summed E-state index contributed by atoms with van der Waals surface area (Å²) in [5.74, 6) is 0.316. The number of halogens is 4. The quantitative estimate of drug-likeness (QED) is 0.670. The molecular weight excluding hydrogens is 302 g/mol. The van der Waals surface area contributed by atoms with E-state index in [2.05, 4.69) is 10.9 Å². The monoisotopic (exact) mass is 317 g/mol. The van der Waals surface area contributed by atoms with Crippen molar-refractivity contribution >= 4 is 11.7 Å². The number of anilines is 1. The first-order valence-corrected chi connectivity index (χ1v) is 6.25. The third-order valence-electron chi connectivity index (χ3n) is 3.00. The first kappa shape index (κ1) is 17.8.